The summed E-state index contributed by atoms with van der Waals surface area (Å²) in [6, 6.07) is 11.3. The first-order valence-electron chi connectivity index (χ1n) is 6.18. The number of benzene rings is 1. The Morgan fingerprint density at radius 1 is 1.17 bits per heavy atom. The van der Waals surface area contributed by atoms with E-state index in [-0.39, 0.29) is 5.91 Å². The molecule has 0 unspecified atom stereocenters. The van der Waals surface area contributed by atoms with Crippen molar-refractivity contribution in [3.05, 3.63) is 53.9 Å². The Balaban J connectivity index is 1.62. The maximum Gasteiger partial charge on any atom is 0.251 e. The first-order chi connectivity index (χ1) is 8.86. The molecular weight excluding hydrogens is 226 g/mol. The SMILES string of the molecule is O=C(NCCCCc1ccn[nH]1)c1ccccc1. The van der Waals surface area contributed by atoms with Crippen molar-refractivity contribution in [3.63, 3.8) is 0 Å². The summed E-state index contributed by atoms with van der Waals surface area (Å²) in [4.78, 5) is 11.7. The van der Waals surface area contributed by atoms with Crippen LogP contribution in [-0.4, -0.2) is 22.6 Å². The van der Waals surface area contributed by atoms with Crippen LogP contribution in [0.5, 0.6) is 0 Å². The normalized spacial score (nSPS) is 10.2. The molecule has 0 aliphatic rings. The number of aromatic nitrogens is 2. The molecule has 0 spiro atoms. The molecule has 4 heteroatoms. The van der Waals surface area contributed by atoms with Crippen molar-refractivity contribution in [3.8, 4) is 0 Å². The number of aromatic amines is 1. The van der Waals surface area contributed by atoms with Crippen molar-refractivity contribution in [1.82, 2.24) is 15.5 Å². The third kappa shape index (κ3) is 3.73. The molecule has 94 valence electrons. The molecule has 4 nitrogen and oxygen atoms in total. The summed E-state index contributed by atoms with van der Waals surface area (Å²) < 4.78 is 0. The fraction of sp³-hybridized carbons (Fsp3) is 0.286. The molecule has 0 radical (unpaired) electrons. The van der Waals surface area contributed by atoms with Gasteiger partial charge in [-0.2, -0.15) is 5.10 Å². The van der Waals surface area contributed by atoms with Crippen LogP contribution >= 0.6 is 0 Å². The van der Waals surface area contributed by atoms with Crippen LogP contribution in [-0.2, 0) is 6.42 Å². The van der Waals surface area contributed by atoms with Crippen LogP contribution in [0.2, 0.25) is 0 Å². The highest BCUT2D eigenvalue weighted by Gasteiger charge is 2.02. The van der Waals surface area contributed by atoms with E-state index >= 15 is 0 Å². The van der Waals surface area contributed by atoms with Crippen LogP contribution in [0, 0.1) is 0 Å². The number of hydrogen-bond acceptors (Lipinski definition) is 2. The van der Waals surface area contributed by atoms with E-state index in [1.54, 1.807) is 6.20 Å². The van der Waals surface area contributed by atoms with Gasteiger partial charge in [0.15, 0.2) is 0 Å². The molecule has 2 aromatic rings. The molecule has 0 aliphatic heterocycles. The summed E-state index contributed by atoms with van der Waals surface area (Å²) in [5, 5.41) is 9.73. The Morgan fingerprint density at radius 3 is 2.72 bits per heavy atom. The van der Waals surface area contributed by atoms with Gasteiger partial charge in [0.25, 0.3) is 5.91 Å². The van der Waals surface area contributed by atoms with Crippen molar-refractivity contribution in [2.45, 2.75) is 19.3 Å². The molecule has 1 aromatic heterocycles. The first kappa shape index (κ1) is 12.4. The van der Waals surface area contributed by atoms with Crippen molar-refractivity contribution in [2.24, 2.45) is 0 Å². The second-order valence-electron chi connectivity index (χ2n) is 4.16. The monoisotopic (exact) mass is 243 g/mol. The average Bonchev–Trinajstić information content (AvgIpc) is 2.92. The van der Waals surface area contributed by atoms with E-state index in [4.69, 9.17) is 0 Å². The maximum absolute atomic E-state index is 11.7. The first-order valence-corrected chi connectivity index (χ1v) is 6.18. The lowest BCUT2D eigenvalue weighted by atomic mass is 10.2. The van der Waals surface area contributed by atoms with Gasteiger partial charge in [0, 0.05) is 24.0 Å². The molecule has 0 aliphatic carbocycles. The van der Waals surface area contributed by atoms with E-state index in [1.807, 2.05) is 36.4 Å². The smallest absolute Gasteiger partial charge is 0.251 e. The predicted octanol–water partition coefficient (Wildman–Crippen LogP) is 2.16. The van der Waals surface area contributed by atoms with Crippen LogP contribution in [0.4, 0.5) is 0 Å². The summed E-state index contributed by atoms with van der Waals surface area (Å²) in [5.74, 6) is -0.00265. The van der Waals surface area contributed by atoms with Gasteiger partial charge < -0.3 is 5.32 Å². The van der Waals surface area contributed by atoms with Crippen molar-refractivity contribution in [1.29, 1.82) is 0 Å². The maximum atomic E-state index is 11.7. The number of hydrogen-bond donors (Lipinski definition) is 2. The zero-order valence-electron chi connectivity index (χ0n) is 10.2. The summed E-state index contributed by atoms with van der Waals surface area (Å²) in [5.41, 5.74) is 1.86. The van der Waals surface area contributed by atoms with Gasteiger partial charge in [-0.3, -0.25) is 9.89 Å². The van der Waals surface area contributed by atoms with Gasteiger partial charge in [0.2, 0.25) is 0 Å². The molecule has 1 amide bonds. The third-order valence-corrected chi connectivity index (χ3v) is 2.75. The van der Waals surface area contributed by atoms with Gasteiger partial charge in [-0.05, 0) is 37.5 Å². The van der Waals surface area contributed by atoms with Crippen molar-refractivity contribution >= 4 is 5.91 Å². The highest BCUT2D eigenvalue weighted by molar-refractivity contribution is 5.94. The summed E-state index contributed by atoms with van der Waals surface area (Å²) in [7, 11) is 0. The molecule has 1 heterocycles. The zero-order chi connectivity index (χ0) is 12.6. The van der Waals surface area contributed by atoms with Gasteiger partial charge in [0.1, 0.15) is 0 Å². The molecule has 1 aromatic carbocycles. The minimum absolute atomic E-state index is 0.00265. The minimum Gasteiger partial charge on any atom is -0.352 e. The van der Waals surface area contributed by atoms with E-state index < -0.39 is 0 Å². The number of nitrogens with zero attached hydrogens (tertiary/aromatic N) is 1. The second-order valence-corrected chi connectivity index (χ2v) is 4.16. The fourth-order valence-corrected chi connectivity index (χ4v) is 1.76. The van der Waals surface area contributed by atoms with E-state index in [0.717, 1.165) is 25.0 Å². The predicted molar refractivity (Wildman–Crippen MR) is 70.3 cm³/mol. The lowest BCUT2D eigenvalue weighted by Crippen LogP contribution is -2.24. The number of H-pyrrole nitrogens is 1. The van der Waals surface area contributed by atoms with E-state index in [9.17, 15) is 4.79 Å². The number of carbonyl (C=O) groups is 1. The number of aryl methyl sites for hydroxylation is 1. The number of rotatable bonds is 6. The van der Waals surface area contributed by atoms with Gasteiger partial charge in [0.05, 0.1) is 0 Å². The lowest BCUT2D eigenvalue weighted by molar-refractivity contribution is 0.0953. The van der Waals surface area contributed by atoms with Crippen LogP contribution in [0.3, 0.4) is 0 Å². The molecular formula is C14H17N3O. The molecule has 0 fully saturated rings. The molecule has 0 bridgehead atoms. The molecule has 0 saturated heterocycles. The van der Waals surface area contributed by atoms with Crippen LogP contribution in [0.1, 0.15) is 28.9 Å². The number of carbonyl (C=O) groups excluding carboxylic acids is 1. The van der Waals surface area contributed by atoms with E-state index in [2.05, 4.69) is 15.5 Å². The van der Waals surface area contributed by atoms with E-state index in [1.165, 1.54) is 0 Å². The van der Waals surface area contributed by atoms with Crippen LogP contribution < -0.4 is 5.32 Å². The second kappa shape index (κ2) is 6.59. The number of unbranched alkanes of at least 4 members (excludes halogenated alkanes) is 1. The van der Waals surface area contributed by atoms with Gasteiger partial charge >= 0.3 is 0 Å². The fourth-order valence-electron chi connectivity index (χ4n) is 1.76. The van der Waals surface area contributed by atoms with Crippen LogP contribution in [0.15, 0.2) is 42.6 Å². The molecule has 0 saturated carbocycles. The summed E-state index contributed by atoms with van der Waals surface area (Å²) in [6.45, 7) is 0.710. The quantitative estimate of drug-likeness (QED) is 0.764. The number of nitrogens with one attached hydrogen (secondary N) is 2. The Labute approximate surface area is 106 Å². The van der Waals surface area contributed by atoms with Gasteiger partial charge in [-0.15, -0.1) is 0 Å². The Bertz CT molecular complexity index is 465. The Kier molecular flexibility index (Phi) is 4.53. The largest absolute Gasteiger partial charge is 0.352 e. The highest BCUT2D eigenvalue weighted by atomic mass is 16.1. The Hall–Kier alpha value is -2.10. The molecule has 2 N–H and O–H groups in total. The minimum atomic E-state index is -0.00265. The average molecular weight is 243 g/mol. The van der Waals surface area contributed by atoms with Crippen molar-refractivity contribution < 1.29 is 4.79 Å². The zero-order valence-corrected chi connectivity index (χ0v) is 10.2. The molecule has 18 heavy (non-hydrogen) atoms. The standard InChI is InChI=1S/C14H17N3O/c18-14(12-6-2-1-3-7-12)15-10-5-4-8-13-9-11-16-17-13/h1-3,6-7,9,11H,4-5,8,10H2,(H,15,18)(H,16,17). The molecule has 2 rings (SSSR count). The van der Waals surface area contributed by atoms with Crippen molar-refractivity contribution in [2.75, 3.05) is 6.54 Å². The highest BCUT2D eigenvalue weighted by Crippen LogP contribution is 2.01. The van der Waals surface area contributed by atoms with Crippen LogP contribution in [0.25, 0.3) is 0 Å². The topological polar surface area (TPSA) is 57.8 Å². The van der Waals surface area contributed by atoms with Gasteiger partial charge in [-0.25, -0.2) is 0 Å². The Morgan fingerprint density at radius 2 is 2.00 bits per heavy atom. The number of amides is 1. The summed E-state index contributed by atoms with van der Waals surface area (Å²) >= 11 is 0. The third-order valence-electron chi connectivity index (χ3n) is 2.75. The van der Waals surface area contributed by atoms with Gasteiger partial charge in [-0.1, -0.05) is 18.2 Å². The lowest BCUT2D eigenvalue weighted by Gasteiger charge is -2.04. The summed E-state index contributed by atoms with van der Waals surface area (Å²) in [6.07, 6.45) is 4.74. The molecule has 0 atom stereocenters. The van der Waals surface area contributed by atoms with E-state index in [0.29, 0.717) is 12.1 Å².